The number of nitrogens with two attached hydrogens (primary N) is 1. The van der Waals surface area contributed by atoms with Crippen molar-refractivity contribution in [1.29, 1.82) is 0 Å². The van der Waals surface area contributed by atoms with Crippen molar-refractivity contribution in [3.05, 3.63) is 29.6 Å². The molecule has 0 saturated heterocycles. The maximum absolute atomic E-state index is 10.4. The molecule has 2 atom stereocenters. The smallest absolute Gasteiger partial charge is 0.105 e. The molecule has 14 heavy (non-hydrogen) atoms. The van der Waals surface area contributed by atoms with E-state index in [-0.39, 0.29) is 12.5 Å². The normalized spacial score (nSPS) is 31.2. The largest absolute Gasteiger partial charge is 0.384 e. The zero-order valence-corrected chi connectivity index (χ0v) is 8.40. The maximum Gasteiger partial charge on any atom is 0.105 e. The molecule has 1 aromatic rings. The first-order chi connectivity index (χ1) is 6.68. The molecular weight excluding hydrogens is 176 g/mol. The van der Waals surface area contributed by atoms with Gasteiger partial charge in [-0.25, -0.2) is 0 Å². The second-order valence-corrected chi connectivity index (χ2v) is 4.10. The van der Waals surface area contributed by atoms with E-state index in [1.165, 1.54) is 0 Å². The molecule has 0 spiro atoms. The summed E-state index contributed by atoms with van der Waals surface area (Å²) >= 11 is 0. The molecule has 1 aliphatic rings. The van der Waals surface area contributed by atoms with Crippen molar-refractivity contribution in [2.45, 2.75) is 25.4 Å². The second-order valence-electron chi connectivity index (χ2n) is 4.10. The van der Waals surface area contributed by atoms with E-state index in [0.717, 1.165) is 24.0 Å². The van der Waals surface area contributed by atoms with Gasteiger partial charge in [-0.15, -0.1) is 0 Å². The van der Waals surface area contributed by atoms with Gasteiger partial charge >= 0.3 is 0 Å². The number of pyridine rings is 1. The van der Waals surface area contributed by atoms with Crippen molar-refractivity contribution in [2.24, 2.45) is 11.7 Å². The minimum atomic E-state index is -0.851. The number of nitrogens with zero attached hydrogens (tertiary/aromatic N) is 1. The van der Waals surface area contributed by atoms with E-state index in [4.69, 9.17) is 5.73 Å². The van der Waals surface area contributed by atoms with E-state index in [9.17, 15) is 5.11 Å². The standard InChI is InChI=1S/C11H16N2O/c1-8-2-3-9-6-13-5-4-10(9)11(8,14)7-12/h4-6,8,14H,2-3,7,12H2,1H3. The Hall–Kier alpha value is -0.930. The Morgan fingerprint density at radius 2 is 2.50 bits per heavy atom. The molecule has 0 bridgehead atoms. The molecule has 0 aromatic carbocycles. The molecule has 3 nitrogen and oxygen atoms in total. The van der Waals surface area contributed by atoms with Crippen molar-refractivity contribution in [1.82, 2.24) is 4.98 Å². The van der Waals surface area contributed by atoms with Crippen LogP contribution in [0.15, 0.2) is 18.5 Å². The van der Waals surface area contributed by atoms with Gasteiger partial charge in [0.25, 0.3) is 0 Å². The summed E-state index contributed by atoms with van der Waals surface area (Å²) in [6, 6.07) is 1.89. The molecule has 0 fully saturated rings. The zero-order valence-electron chi connectivity index (χ0n) is 8.40. The number of aromatic nitrogens is 1. The highest BCUT2D eigenvalue weighted by Crippen LogP contribution is 2.38. The van der Waals surface area contributed by atoms with Gasteiger partial charge < -0.3 is 10.8 Å². The highest BCUT2D eigenvalue weighted by Gasteiger charge is 2.38. The first-order valence-electron chi connectivity index (χ1n) is 5.04. The number of aliphatic hydroxyl groups is 1. The molecule has 2 unspecified atom stereocenters. The number of rotatable bonds is 1. The zero-order chi connectivity index (χ0) is 10.2. The Labute approximate surface area is 84.0 Å². The predicted molar refractivity (Wildman–Crippen MR) is 54.7 cm³/mol. The molecular formula is C11H16N2O. The average molecular weight is 192 g/mol. The van der Waals surface area contributed by atoms with Crippen molar-refractivity contribution in [2.75, 3.05) is 6.54 Å². The minimum absolute atomic E-state index is 0.224. The van der Waals surface area contributed by atoms with E-state index in [2.05, 4.69) is 11.9 Å². The summed E-state index contributed by atoms with van der Waals surface area (Å²) in [7, 11) is 0. The summed E-state index contributed by atoms with van der Waals surface area (Å²) in [5, 5.41) is 10.4. The SMILES string of the molecule is CC1CCc2cnccc2C1(O)CN. The van der Waals surface area contributed by atoms with Crippen LogP contribution in [0.1, 0.15) is 24.5 Å². The Morgan fingerprint density at radius 1 is 1.71 bits per heavy atom. The van der Waals surface area contributed by atoms with E-state index in [0.29, 0.717) is 0 Å². The van der Waals surface area contributed by atoms with Gasteiger partial charge in [0.2, 0.25) is 0 Å². The molecule has 0 amide bonds. The van der Waals surface area contributed by atoms with Gasteiger partial charge in [0.05, 0.1) is 0 Å². The van der Waals surface area contributed by atoms with Crippen LogP contribution in [0.4, 0.5) is 0 Å². The summed E-state index contributed by atoms with van der Waals surface area (Å²) in [6.07, 6.45) is 5.53. The van der Waals surface area contributed by atoms with Gasteiger partial charge in [-0.3, -0.25) is 4.98 Å². The summed E-state index contributed by atoms with van der Waals surface area (Å²) < 4.78 is 0. The first kappa shape index (κ1) is 9.62. The molecule has 76 valence electrons. The molecule has 0 radical (unpaired) electrons. The molecule has 1 aliphatic carbocycles. The highest BCUT2D eigenvalue weighted by molar-refractivity contribution is 5.33. The summed E-state index contributed by atoms with van der Waals surface area (Å²) in [5.74, 6) is 0.224. The molecule has 1 heterocycles. The lowest BCUT2D eigenvalue weighted by Crippen LogP contribution is -2.44. The third-order valence-corrected chi connectivity index (χ3v) is 3.34. The number of hydrogen-bond acceptors (Lipinski definition) is 3. The topological polar surface area (TPSA) is 59.1 Å². The van der Waals surface area contributed by atoms with Gasteiger partial charge in [0, 0.05) is 18.9 Å². The van der Waals surface area contributed by atoms with Crippen LogP contribution in [0.3, 0.4) is 0 Å². The van der Waals surface area contributed by atoms with Gasteiger partial charge in [-0.2, -0.15) is 0 Å². The molecule has 0 aliphatic heterocycles. The summed E-state index contributed by atoms with van der Waals surface area (Å²) in [5.41, 5.74) is 6.93. The Bertz CT molecular complexity index is 340. The number of aryl methyl sites for hydroxylation is 1. The first-order valence-corrected chi connectivity index (χ1v) is 5.04. The lowest BCUT2D eigenvalue weighted by molar-refractivity contribution is -0.0191. The lowest BCUT2D eigenvalue weighted by Gasteiger charge is -2.38. The van der Waals surface area contributed by atoms with Crippen molar-refractivity contribution < 1.29 is 5.11 Å². The molecule has 1 aromatic heterocycles. The van der Waals surface area contributed by atoms with Crippen molar-refractivity contribution >= 4 is 0 Å². The van der Waals surface area contributed by atoms with Crippen LogP contribution >= 0.6 is 0 Å². The second kappa shape index (κ2) is 3.33. The Kier molecular flexibility index (Phi) is 2.29. The third kappa shape index (κ3) is 1.24. The highest BCUT2D eigenvalue weighted by atomic mass is 16.3. The number of hydrogen-bond donors (Lipinski definition) is 2. The maximum atomic E-state index is 10.4. The van der Waals surface area contributed by atoms with Crippen molar-refractivity contribution in [3.63, 3.8) is 0 Å². The van der Waals surface area contributed by atoms with E-state index < -0.39 is 5.60 Å². The van der Waals surface area contributed by atoms with Crippen LogP contribution in [0.25, 0.3) is 0 Å². The predicted octanol–water partition coefficient (Wildman–Crippen LogP) is 0.810. The third-order valence-electron chi connectivity index (χ3n) is 3.34. The van der Waals surface area contributed by atoms with Crippen LogP contribution < -0.4 is 5.73 Å². The van der Waals surface area contributed by atoms with Crippen LogP contribution in [-0.2, 0) is 12.0 Å². The quantitative estimate of drug-likeness (QED) is 0.692. The molecule has 2 rings (SSSR count). The fraction of sp³-hybridized carbons (Fsp3) is 0.545. The van der Waals surface area contributed by atoms with Crippen LogP contribution in [0.2, 0.25) is 0 Å². The molecule has 0 saturated carbocycles. The van der Waals surface area contributed by atoms with Crippen LogP contribution in [0, 0.1) is 5.92 Å². The van der Waals surface area contributed by atoms with Gasteiger partial charge in [0.1, 0.15) is 5.60 Å². The Morgan fingerprint density at radius 3 is 3.21 bits per heavy atom. The minimum Gasteiger partial charge on any atom is -0.384 e. The monoisotopic (exact) mass is 192 g/mol. The molecule has 3 N–H and O–H groups in total. The van der Waals surface area contributed by atoms with Gasteiger partial charge in [0.15, 0.2) is 0 Å². The number of fused-ring (bicyclic) bond motifs is 1. The fourth-order valence-electron chi connectivity index (χ4n) is 2.24. The molecule has 3 heteroatoms. The fourth-order valence-corrected chi connectivity index (χ4v) is 2.24. The average Bonchev–Trinajstić information content (AvgIpc) is 2.24. The van der Waals surface area contributed by atoms with E-state index in [1.807, 2.05) is 12.3 Å². The van der Waals surface area contributed by atoms with Gasteiger partial charge in [-0.1, -0.05) is 6.92 Å². The Balaban J connectivity index is 2.52. The summed E-state index contributed by atoms with van der Waals surface area (Å²) in [4.78, 5) is 4.07. The van der Waals surface area contributed by atoms with Crippen LogP contribution in [-0.4, -0.2) is 16.6 Å². The lowest BCUT2D eigenvalue weighted by atomic mass is 9.73. The van der Waals surface area contributed by atoms with Gasteiger partial charge in [-0.05, 0) is 36.0 Å². The van der Waals surface area contributed by atoms with E-state index in [1.54, 1.807) is 6.20 Å². The van der Waals surface area contributed by atoms with Crippen LogP contribution in [0.5, 0.6) is 0 Å². The van der Waals surface area contributed by atoms with Crippen molar-refractivity contribution in [3.8, 4) is 0 Å². The van der Waals surface area contributed by atoms with E-state index >= 15 is 0 Å². The summed E-state index contributed by atoms with van der Waals surface area (Å²) in [6.45, 7) is 2.33.